The van der Waals surface area contributed by atoms with Crippen LogP contribution in [0.25, 0.3) is 0 Å². The second kappa shape index (κ2) is 7.93. The molecule has 0 heterocycles. The zero-order chi connectivity index (χ0) is 16.7. The van der Waals surface area contributed by atoms with Gasteiger partial charge in [-0.3, -0.25) is 18.0 Å². The molecule has 0 radical (unpaired) electrons. The maximum atomic E-state index is 13.2. The van der Waals surface area contributed by atoms with Crippen molar-refractivity contribution in [3.8, 4) is 0 Å². The molecule has 0 saturated carbocycles. The molecule has 0 aliphatic carbocycles. The van der Waals surface area contributed by atoms with Gasteiger partial charge in [0, 0.05) is 0 Å². The molecule has 0 N–H and O–H groups in total. The van der Waals surface area contributed by atoms with Crippen LogP contribution >= 0.6 is 0 Å². The number of ketones is 1. The molecule has 0 bridgehead atoms. The van der Waals surface area contributed by atoms with Crippen LogP contribution in [-0.4, -0.2) is 59.2 Å². The van der Waals surface area contributed by atoms with Gasteiger partial charge in [0.05, 0.1) is 10.8 Å². The zero-order valence-corrected chi connectivity index (χ0v) is 11.1. The molecule has 21 heavy (non-hydrogen) atoms. The quantitative estimate of drug-likeness (QED) is 0.532. The van der Waals surface area contributed by atoms with Crippen LogP contribution in [0.5, 0.6) is 0 Å². The highest BCUT2D eigenvalue weighted by atomic mass is 19.2. The molecule has 0 saturated heterocycles. The molecule has 0 rings (SSSR count). The van der Waals surface area contributed by atoms with Crippen molar-refractivity contribution >= 4 is 5.78 Å². The molecule has 126 valence electrons. The number of Topliss-reactive ketones (excluding diaryl/α,β-unsaturated/α-hetero) is 1. The van der Waals surface area contributed by atoms with E-state index in [9.17, 15) is 39.9 Å². The Kier molecular flexibility index (Phi) is 7.60. The SMILES string of the molecule is O=C(C(CF)(CF)CF)C(CF)(CF)C(CF)(CF)CF. The number of halogens is 8. The maximum absolute atomic E-state index is 13.2. The van der Waals surface area contributed by atoms with Crippen LogP contribution in [0, 0.1) is 16.2 Å². The summed E-state index contributed by atoms with van der Waals surface area (Å²) in [5.74, 6) is -2.03. The summed E-state index contributed by atoms with van der Waals surface area (Å²) in [6.45, 7) is -16.1. The highest BCUT2D eigenvalue weighted by Gasteiger charge is 2.62. The Morgan fingerprint density at radius 3 is 1.10 bits per heavy atom. The molecule has 1 nitrogen and oxygen atoms in total. The Balaban J connectivity index is 6.15. The van der Waals surface area contributed by atoms with E-state index in [1.54, 1.807) is 0 Å². The Morgan fingerprint density at radius 2 is 0.905 bits per heavy atom. The fraction of sp³-hybridized carbons (Fsp3) is 0.917. The van der Waals surface area contributed by atoms with E-state index in [0.29, 0.717) is 0 Å². The molecule has 0 aliphatic heterocycles. The summed E-state index contributed by atoms with van der Waals surface area (Å²) in [5.41, 5.74) is -9.50. The monoisotopic (exact) mass is 328 g/mol. The first-order valence-electron chi connectivity index (χ1n) is 5.92. The summed E-state index contributed by atoms with van der Waals surface area (Å²) < 4.78 is 104. The van der Waals surface area contributed by atoms with Gasteiger partial charge in [-0.1, -0.05) is 0 Å². The van der Waals surface area contributed by atoms with E-state index in [0.717, 1.165) is 0 Å². The highest BCUT2D eigenvalue weighted by Crippen LogP contribution is 2.47. The van der Waals surface area contributed by atoms with Gasteiger partial charge in [-0.2, -0.15) is 0 Å². The lowest BCUT2D eigenvalue weighted by Crippen LogP contribution is -2.61. The maximum Gasteiger partial charge on any atom is 0.159 e. The third-order valence-corrected chi connectivity index (χ3v) is 3.92. The van der Waals surface area contributed by atoms with Crippen LogP contribution in [-0.2, 0) is 4.79 Å². The number of carbonyl (C=O) groups is 1. The predicted molar refractivity (Wildman–Crippen MR) is 60.1 cm³/mol. The largest absolute Gasteiger partial charge is 0.298 e. The standard InChI is InChI=1S/C12H16F8O/c13-1-10(2-14,3-15)9(21)12(7-19,8-20)11(4-16,5-17)6-18/h1-8H2. The minimum Gasteiger partial charge on any atom is -0.298 e. The van der Waals surface area contributed by atoms with Crippen molar-refractivity contribution in [3.05, 3.63) is 0 Å². The van der Waals surface area contributed by atoms with Gasteiger partial charge in [-0.25, -0.2) is 22.0 Å². The Morgan fingerprint density at radius 1 is 0.571 bits per heavy atom. The van der Waals surface area contributed by atoms with Gasteiger partial charge in [0.1, 0.15) is 58.8 Å². The van der Waals surface area contributed by atoms with Crippen LogP contribution in [0.2, 0.25) is 0 Å². The minimum absolute atomic E-state index is 1.97. The van der Waals surface area contributed by atoms with Crippen molar-refractivity contribution in [1.82, 2.24) is 0 Å². The third kappa shape index (κ3) is 2.88. The molecular weight excluding hydrogens is 312 g/mol. The Hall–Kier alpha value is -0.890. The van der Waals surface area contributed by atoms with Crippen LogP contribution in [0.15, 0.2) is 0 Å². The zero-order valence-electron chi connectivity index (χ0n) is 11.1. The van der Waals surface area contributed by atoms with Crippen molar-refractivity contribution in [1.29, 1.82) is 0 Å². The molecule has 0 amide bonds. The van der Waals surface area contributed by atoms with E-state index in [4.69, 9.17) is 0 Å². The fourth-order valence-electron chi connectivity index (χ4n) is 1.97. The van der Waals surface area contributed by atoms with Crippen LogP contribution in [0.1, 0.15) is 0 Å². The van der Waals surface area contributed by atoms with E-state index in [1.165, 1.54) is 0 Å². The molecule has 0 aromatic carbocycles. The van der Waals surface area contributed by atoms with E-state index in [1.807, 2.05) is 0 Å². The molecular formula is C12H16F8O. The fourth-order valence-corrected chi connectivity index (χ4v) is 1.97. The van der Waals surface area contributed by atoms with E-state index in [-0.39, 0.29) is 0 Å². The molecule has 0 aromatic heterocycles. The summed E-state index contributed by atoms with van der Waals surface area (Å²) in [6, 6.07) is 0. The highest BCUT2D eigenvalue weighted by molar-refractivity contribution is 5.92. The summed E-state index contributed by atoms with van der Waals surface area (Å²) in [5, 5.41) is 0. The smallest absolute Gasteiger partial charge is 0.159 e. The first-order valence-corrected chi connectivity index (χ1v) is 5.92. The molecule has 0 atom stereocenters. The molecule has 0 aliphatic rings. The lowest BCUT2D eigenvalue weighted by atomic mass is 9.59. The Labute approximate surface area is 116 Å². The van der Waals surface area contributed by atoms with Crippen LogP contribution in [0.3, 0.4) is 0 Å². The first kappa shape index (κ1) is 20.1. The summed E-state index contributed by atoms with van der Waals surface area (Å²) in [7, 11) is 0. The minimum atomic E-state index is -3.32. The van der Waals surface area contributed by atoms with Gasteiger partial charge in [0.25, 0.3) is 0 Å². The van der Waals surface area contributed by atoms with E-state index < -0.39 is 75.4 Å². The van der Waals surface area contributed by atoms with Gasteiger partial charge in [-0.05, 0) is 0 Å². The summed E-state index contributed by atoms with van der Waals surface area (Å²) in [4.78, 5) is 12.1. The number of carbonyl (C=O) groups excluding carboxylic acids is 1. The van der Waals surface area contributed by atoms with Crippen molar-refractivity contribution in [2.24, 2.45) is 16.2 Å². The predicted octanol–water partition coefficient (Wildman–Crippen LogP) is 3.27. The number of rotatable bonds is 11. The summed E-state index contributed by atoms with van der Waals surface area (Å²) in [6.07, 6.45) is 0. The van der Waals surface area contributed by atoms with E-state index in [2.05, 4.69) is 0 Å². The number of hydrogen-bond acceptors (Lipinski definition) is 1. The third-order valence-electron chi connectivity index (χ3n) is 3.92. The molecule has 0 unspecified atom stereocenters. The number of hydrogen-bond donors (Lipinski definition) is 0. The van der Waals surface area contributed by atoms with Gasteiger partial charge in [-0.15, -0.1) is 0 Å². The van der Waals surface area contributed by atoms with Crippen molar-refractivity contribution in [2.45, 2.75) is 0 Å². The van der Waals surface area contributed by atoms with Crippen molar-refractivity contribution in [3.63, 3.8) is 0 Å². The lowest BCUT2D eigenvalue weighted by Gasteiger charge is -2.45. The molecule has 0 aromatic rings. The topological polar surface area (TPSA) is 17.1 Å². The van der Waals surface area contributed by atoms with Crippen LogP contribution < -0.4 is 0 Å². The van der Waals surface area contributed by atoms with Crippen LogP contribution in [0.4, 0.5) is 35.1 Å². The second-order valence-electron chi connectivity index (χ2n) is 5.04. The molecule has 0 spiro atoms. The van der Waals surface area contributed by atoms with Gasteiger partial charge in [0.2, 0.25) is 0 Å². The van der Waals surface area contributed by atoms with Gasteiger partial charge >= 0.3 is 0 Å². The summed E-state index contributed by atoms with van der Waals surface area (Å²) >= 11 is 0. The van der Waals surface area contributed by atoms with E-state index >= 15 is 0 Å². The normalized spacial score (nSPS) is 13.5. The lowest BCUT2D eigenvalue weighted by molar-refractivity contribution is -0.161. The average molecular weight is 328 g/mol. The first-order chi connectivity index (χ1) is 9.89. The van der Waals surface area contributed by atoms with Gasteiger partial charge < -0.3 is 0 Å². The second-order valence-corrected chi connectivity index (χ2v) is 5.04. The molecule has 0 fully saturated rings. The van der Waals surface area contributed by atoms with Crippen molar-refractivity contribution < 1.29 is 39.9 Å². The van der Waals surface area contributed by atoms with Crippen molar-refractivity contribution in [2.75, 3.05) is 53.4 Å². The Bertz CT molecular complexity index is 307. The molecule has 9 heteroatoms. The van der Waals surface area contributed by atoms with Gasteiger partial charge in [0.15, 0.2) is 5.78 Å². The number of alkyl halides is 8. The average Bonchev–Trinajstić information content (AvgIpc) is 2.55.